The van der Waals surface area contributed by atoms with Gasteiger partial charge in [0.25, 0.3) is 0 Å². The van der Waals surface area contributed by atoms with E-state index in [2.05, 4.69) is 5.32 Å². The highest BCUT2D eigenvalue weighted by atomic mass is 35.5. The third-order valence-electron chi connectivity index (χ3n) is 1.97. The molecular weight excluding hydrogens is 233 g/mol. The zero-order valence-corrected chi connectivity index (χ0v) is 9.68. The van der Waals surface area contributed by atoms with Crippen molar-refractivity contribution in [3.05, 3.63) is 24.0 Å². The Morgan fingerprint density at radius 1 is 1.56 bits per heavy atom. The van der Waals surface area contributed by atoms with Crippen LogP contribution in [-0.2, 0) is 4.79 Å². The zero-order valence-electron chi connectivity index (χ0n) is 8.93. The van der Waals surface area contributed by atoms with E-state index in [0.29, 0.717) is 24.4 Å². The van der Waals surface area contributed by atoms with E-state index in [1.54, 1.807) is 6.07 Å². The molecule has 5 heteroatoms. The molecule has 0 spiro atoms. The van der Waals surface area contributed by atoms with Crippen LogP contribution in [0.15, 0.2) is 18.2 Å². The van der Waals surface area contributed by atoms with E-state index in [-0.39, 0.29) is 11.7 Å². The number of amides is 1. The van der Waals surface area contributed by atoms with Crippen LogP contribution < -0.4 is 10.1 Å². The molecule has 0 saturated carbocycles. The van der Waals surface area contributed by atoms with Crippen LogP contribution >= 0.6 is 11.6 Å². The second-order valence-electron chi connectivity index (χ2n) is 3.19. The molecule has 0 atom stereocenters. The predicted octanol–water partition coefficient (Wildman–Crippen LogP) is 2.79. The number of halogens is 2. The Morgan fingerprint density at radius 3 is 2.88 bits per heavy atom. The summed E-state index contributed by atoms with van der Waals surface area (Å²) >= 11 is 5.46. The maximum absolute atomic E-state index is 13.3. The first kappa shape index (κ1) is 12.8. The van der Waals surface area contributed by atoms with Crippen molar-refractivity contribution in [3.63, 3.8) is 0 Å². The van der Waals surface area contributed by atoms with Gasteiger partial charge in [0.1, 0.15) is 0 Å². The summed E-state index contributed by atoms with van der Waals surface area (Å²) in [5.74, 6) is -0.0914. The van der Waals surface area contributed by atoms with E-state index in [9.17, 15) is 9.18 Å². The number of ether oxygens (including phenoxy) is 1. The predicted molar refractivity (Wildman–Crippen MR) is 61.5 cm³/mol. The standard InChI is InChI=1S/C11H13ClFNO2/c1-16-10-5-4-8(7-9(10)13)14-11(15)3-2-6-12/h4-5,7H,2-3,6H2,1H3,(H,14,15). The van der Waals surface area contributed by atoms with Crippen molar-refractivity contribution < 1.29 is 13.9 Å². The highest BCUT2D eigenvalue weighted by Crippen LogP contribution is 2.20. The largest absolute Gasteiger partial charge is 0.494 e. The van der Waals surface area contributed by atoms with Gasteiger partial charge in [-0.15, -0.1) is 11.6 Å². The molecule has 3 nitrogen and oxygen atoms in total. The Morgan fingerprint density at radius 2 is 2.31 bits per heavy atom. The molecule has 0 aromatic heterocycles. The number of carbonyl (C=O) groups excluding carboxylic acids is 1. The van der Waals surface area contributed by atoms with Gasteiger partial charge in [0, 0.05) is 24.1 Å². The average Bonchev–Trinajstić information content (AvgIpc) is 2.26. The molecular formula is C11H13ClFNO2. The number of hydrogen-bond acceptors (Lipinski definition) is 2. The highest BCUT2D eigenvalue weighted by molar-refractivity contribution is 6.18. The number of anilines is 1. The summed E-state index contributed by atoms with van der Waals surface area (Å²) in [5, 5.41) is 2.58. The van der Waals surface area contributed by atoms with Gasteiger partial charge in [-0.1, -0.05) is 0 Å². The number of methoxy groups -OCH3 is 1. The lowest BCUT2D eigenvalue weighted by Gasteiger charge is -2.06. The number of nitrogens with one attached hydrogen (secondary N) is 1. The van der Waals surface area contributed by atoms with Crippen LogP contribution in [0.25, 0.3) is 0 Å². The first-order valence-electron chi connectivity index (χ1n) is 4.86. The molecule has 1 amide bonds. The fourth-order valence-corrected chi connectivity index (χ4v) is 1.33. The maximum atomic E-state index is 13.3. The van der Waals surface area contributed by atoms with E-state index in [1.807, 2.05) is 0 Å². The number of carbonyl (C=O) groups is 1. The lowest BCUT2D eigenvalue weighted by atomic mass is 10.2. The molecule has 1 aromatic carbocycles. The van der Waals surface area contributed by atoms with Crippen LogP contribution in [-0.4, -0.2) is 18.9 Å². The SMILES string of the molecule is COc1ccc(NC(=O)CCCCl)cc1F. The molecule has 0 aliphatic carbocycles. The molecule has 0 aliphatic heterocycles. The third kappa shape index (κ3) is 3.70. The van der Waals surface area contributed by atoms with Crippen molar-refractivity contribution in [1.29, 1.82) is 0 Å². The van der Waals surface area contributed by atoms with Crippen molar-refractivity contribution in [3.8, 4) is 5.75 Å². The topological polar surface area (TPSA) is 38.3 Å². The first-order chi connectivity index (χ1) is 7.67. The van der Waals surface area contributed by atoms with Crippen molar-refractivity contribution in [2.45, 2.75) is 12.8 Å². The van der Waals surface area contributed by atoms with Crippen molar-refractivity contribution in [1.82, 2.24) is 0 Å². The molecule has 16 heavy (non-hydrogen) atoms. The fraction of sp³-hybridized carbons (Fsp3) is 0.364. The minimum Gasteiger partial charge on any atom is -0.494 e. The van der Waals surface area contributed by atoms with Crippen LogP contribution in [0, 0.1) is 5.82 Å². The van der Waals surface area contributed by atoms with Gasteiger partial charge in [-0.3, -0.25) is 4.79 Å². The maximum Gasteiger partial charge on any atom is 0.224 e. The van der Waals surface area contributed by atoms with Crippen LogP contribution in [0.5, 0.6) is 5.75 Å². The Balaban J connectivity index is 2.61. The second kappa shape index (κ2) is 6.33. The van der Waals surface area contributed by atoms with Gasteiger partial charge in [0.15, 0.2) is 11.6 Å². The smallest absolute Gasteiger partial charge is 0.224 e. The average molecular weight is 246 g/mol. The molecule has 0 aliphatic rings. The van der Waals surface area contributed by atoms with Crippen LogP contribution in [0.2, 0.25) is 0 Å². The van der Waals surface area contributed by atoms with Gasteiger partial charge in [-0.05, 0) is 18.6 Å². The molecule has 0 radical (unpaired) electrons. The highest BCUT2D eigenvalue weighted by Gasteiger charge is 2.06. The first-order valence-corrected chi connectivity index (χ1v) is 5.40. The molecule has 0 heterocycles. The van der Waals surface area contributed by atoms with Crippen LogP contribution in [0.4, 0.5) is 10.1 Å². The number of rotatable bonds is 5. The van der Waals surface area contributed by atoms with E-state index in [1.165, 1.54) is 19.2 Å². The summed E-state index contributed by atoms with van der Waals surface area (Å²) in [4.78, 5) is 11.3. The molecule has 1 rings (SSSR count). The molecule has 0 unspecified atom stereocenters. The normalized spacial score (nSPS) is 9.94. The fourth-order valence-electron chi connectivity index (χ4n) is 1.19. The minimum atomic E-state index is -0.502. The summed E-state index contributed by atoms with van der Waals surface area (Å²) in [6.07, 6.45) is 0.934. The second-order valence-corrected chi connectivity index (χ2v) is 3.57. The molecule has 88 valence electrons. The molecule has 1 N–H and O–H groups in total. The number of alkyl halides is 1. The summed E-state index contributed by atoms with van der Waals surface area (Å²) in [5.41, 5.74) is 0.415. The van der Waals surface area contributed by atoms with E-state index < -0.39 is 5.82 Å². The number of benzene rings is 1. The summed E-state index contributed by atoms with van der Waals surface area (Å²) in [6.45, 7) is 0. The minimum absolute atomic E-state index is 0.152. The van der Waals surface area contributed by atoms with Crippen LogP contribution in [0.1, 0.15) is 12.8 Å². The summed E-state index contributed by atoms with van der Waals surface area (Å²) in [6, 6.07) is 4.27. The molecule has 1 aromatic rings. The number of hydrogen-bond donors (Lipinski definition) is 1. The Hall–Kier alpha value is -1.29. The summed E-state index contributed by atoms with van der Waals surface area (Å²) < 4.78 is 18.0. The Labute approximate surface area is 98.5 Å². The lowest BCUT2D eigenvalue weighted by molar-refractivity contribution is -0.116. The van der Waals surface area contributed by atoms with Crippen LogP contribution in [0.3, 0.4) is 0 Å². The van der Waals surface area contributed by atoms with E-state index in [4.69, 9.17) is 16.3 Å². The Kier molecular flexibility index (Phi) is 5.05. The van der Waals surface area contributed by atoms with Gasteiger partial charge in [-0.25, -0.2) is 4.39 Å². The van der Waals surface area contributed by atoms with Gasteiger partial charge in [0.05, 0.1) is 7.11 Å². The van der Waals surface area contributed by atoms with Gasteiger partial charge >= 0.3 is 0 Å². The molecule has 0 saturated heterocycles. The molecule has 0 bridgehead atoms. The van der Waals surface area contributed by atoms with E-state index >= 15 is 0 Å². The monoisotopic (exact) mass is 245 g/mol. The van der Waals surface area contributed by atoms with Gasteiger partial charge in [-0.2, -0.15) is 0 Å². The quantitative estimate of drug-likeness (QED) is 0.810. The van der Waals surface area contributed by atoms with Crippen molar-refractivity contribution >= 4 is 23.2 Å². The Bertz CT molecular complexity index is 371. The zero-order chi connectivity index (χ0) is 12.0. The van der Waals surface area contributed by atoms with Crippen molar-refractivity contribution in [2.75, 3.05) is 18.3 Å². The van der Waals surface area contributed by atoms with Gasteiger partial charge in [0.2, 0.25) is 5.91 Å². The van der Waals surface area contributed by atoms with E-state index in [0.717, 1.165) is 0 Å². The summed E-state index contributed by atoms with van der Waals surface area (Å²) in [7, 11) is 1.39. The third-order valence-corrected chi connectivity index (χ3v) is 2.24. The van der Waals surface area contributed by atoms with Gasteiger partial charge < -0.3 is 10.1 Å². The lowest BCUT2D eigenvalue weighted by Crippen LogP contribution is -2.11. The molecule has 0 fully saturated rings. The van der Waals surface area contributed by atoms with Crippen molar-refractivity contribution in [2.24, 2.45) is 0 Å².